The Morgan fingerprint density at radius 3 is 1.32 bits per heavy atom. The molecule has 0 saturated heterocycles. The number of aliphatic hydroxyl groups excluding tert-OH is 1. The number of carbonyl (C=O) groups is 2. The normalized spacial score (nSPS) is 12.1. The molecule has 0 radical (unpaired) electrons. The van der Waals surface area contributed by atoms with Gasteiger partial charge in [-0.25, -0.2) is 0 Å². The molecular weight excluding hydrogens is 628 g/mol. The van der Waals surface area contributed by atoms with Crippen molar-refractivity contribution in [3.05, 3.63) is 45.3 Å². The summed E-state index contributed by atoms with van der Waals surface area (Å²) in [5, 5.41) is 9.61. The Morgan fingerprint density at radius 2 is 0.900 bits per heavy atom. The zero-order valence-corrected chi connectivity index (χ0v) is 32.9. The summed E-state index contributed by atoms with van der Waals surface area (Å²) in [6.07, 6.45) is 23.9. The predicted molar refractivity (Wildman–Crippen MR) is 203 cm³/mol. The fraction of sp³-hybridized carbons (Fsp3) is 0.767. The maximum atomic E-state index is 12.3. The second-order valence-corrected chi connectivity index (χ2v) is 14.5. The molecule has 7 nitrogen and oxygen atoms in total. The van der Waals surface area contributed by atoms with E-state index in [9.17, 15) is 14.7 Å². The number of unbranched alkanes of at least 4 members (excludes halogenated alkanes) is 14. The van der Waals surface area contributed by atoms with E-state index in [-0.39, 0.29) is 25.2 Å². The van der Waals surface area contributed by atoms with Crippen molar-refractivity contribution in [2.24, 2.45) is 0 Å². The van der Waals surface area contributed by atoms with Gasteiger partial charge in [-0.3, -0.25) is 9.59 Å². The minimum Gasteiger partial charge on any atom is -0.466 e. The van der Waals surface area contributed by atoms with Crippen molar-refractivity contribution in [2.45, 2.75) is 202 Å². The zero-order chi connectivity index (χ0) is 36.6. The van der Waals surface area contributed by atoms with E-state index in [1.807, 2.05) is 0 Å². The van der Waals surface area contributed by atoms with Gasteiger partial charge in [0.2, 0.25) is 0 Å². The maximum absolute atomic E-state index is 12.3. The second kappa shape index (κ2) is 26.3. The molecule has 0 spiro atoms. The summed E-state index contributed by atoms with van der Waals surface area (Å²) >= 11 is 0. The molecule has 0 bridgehead atoms. The average molecular weight is 701 g/mol. The highest BCUT2D eigenvalue weighted by Crippen LogP contribution is 2.26. The van der Waals surface area contributed by atoms with Gasteiger partial charge in [-0.15, -0.1) is 0 Å². The molecule has 0 aliphatic carbocycles. The third kappa shape index (κ3) is 17.1. The third-order valence-electron chi connectivity index (χ3n) is 10.3. The van der Waals surface area contributed by atoms with E-state index in [0.717, 1.165) is 101 Å². The highest BCUT2D eigenvalue weighted by Gasteiger charge is 2.17. The molecule has 0 aromatic carbocycles. The molecule has 1 atom stereocenters. The Labute approximate surface area is 304 Å². The SMILES string of the molecule is CCCCCc1oc(CCCCCCCCCCC(=O)OC[C@H](CO)OC(=O)CCCCCCCCc2oc(CCC)c(C)c2C)c(C)c1C. The van der Waals surface area contributed by atoms with Gasteiger partial charge in [0.15, 0.2) is 6.10 Å². The molecule has 2 heterocycles. The monoisotopic (exact) mass is 701 g/mol. The van der Waals surface area contributed by atoms with Gasteiger partial charge >= 0.3 is 11.9 Å². The first-order valence-electron chi connectivity index (χ1n) is 20.3. The van der Waals surface area contributed by atoms with Crippen LogP contribution >= 0.6 is 0 Å². The van der Waals surface area contributed by atoms with Gasteiger partial charge in [-0.05, 0) is 88.5 Å². The van der Waals surface area contributed by atoms with Gasteiger partial charge < -0.3 is 23.4 Å². The molecule has 0 aliphatic heterocycles. The first-order valence-corrected chi connectivity index (χ1v) is 20.3. The molecule has 2 aromatic heterocycles. The van der Waals surface area contributed by atoms with Crippen molar-refractivity contribution in [1.82, 2.24) is 0 Å². The van der Waals surface area contributed by atoms with Crippen LogP contribution in [0.5, 0.6) is 0 Å². The molecule has 7 heteroatoms. The van der Waals surface area contributed by atoms with Crippen molar-refractivity contribution < 1.29 is 33.0 Å². The van der Waals surface area contributed by atoms with E-state index in [4.69, 9.17) is 18.3 Å². The number of furan rings is 2. The summed E-state index contributed by atoms with van der Waals surface area (Å²) in [6, 6.07) is 0. The molecule has 2 rings (SSSR count). The van der Waals surface area contributed by atoms with Crippen LogP contribution in [0.25, 0.3) is 0 Å². The van der Waals surface area contributed by atoms with Crippen LogP contribution in [0.3, 0.4) is 0 Å². The number of ether oxygens (including phenoxy) is 2. The fourth-order valence-corrected chi connectivity index (χ4v) is 6.66. The van der Waals surface area contributed by atoms with E-state index in [1.165, 1.54) is 85.1 Å². The number of rotatable bonds is 30. The Morgan fingerprint density at radius 1 is 0.520 bits per heavy atom. The minimum absolute atomic E-state index is 0.0903. The third-order valence-corrected chi connectivity index (χ3v) is 10.3. The lowest BCUT2D eigenvalue weighted by molar-refractivity contribution is -0.161. The summed E-state index contributed by atoms with van der Waals surface area (Å²) in [5.74, 6) is 4.02. The van der Waals surface area contributed by atoms with Gasteiger partial charge in [0.05, 0.1) is 6.61 Å². The van der Waals surface area contributed by atoms with Crippen LogP contribution < -0.4 is 0 Å². The summed E-state index contributed by atoms with van der Waals surface area (Å²) in [4.78, 5) is 24.4. The Balaban J connectivity index is 1.42. The highest BCUT2D eigenvalue weighted by atomic mass is 16.6. The van der Waals surface area contributed by atoms with Crippen molar-refractivity contribution in [1.29, 1.82) is 0 Å². The van der Waals surface area contributed by atoms with Gasteiger partial charge in [0.25, 0.3) is 0 Å². The molecule has 0 aliphatic rings. The second-order valence-electron chi connectivity index (χ2n) is 14.5. The van der Waals surface area contributed by atoms with E-state index >= 15 is 0 Å². The molecule has 50 heavy (non-hydrogen) atoms. The summed E-state index contributed by atoms with van der Waals surface area (Å²) < 4.78 is 23.0. The molecule has 0 unspecified atom stereocenters. The van der Waals surface area contributed by atoms with Crippen molar-refractivity contribution in [3.63, 3.8) is 0 Å². The standard InChI is InChI=1S/C43H72O7/c1-7-9-20-26-39-35(5)36(6)41(50-39)28-21-16-12-10-11-13-18-23-29-42(45)47-32-37(31-44)48-43(46)30-24-19-15-14-17-22-27-40-34(4)33(3)38(49-40)25-8-2/h37,44H,7-32H2,1-6H3/t37-/m0/s1. The number of esters is 2. The summed E-state index contributed by atoms with van der Waals surface area (Å²) in [6.45, 7) is 12.7. The van der Waals surface area contributed by atoms with Crippen molar-refractivity contribution in [2.75, 3.05) is 13.2 Å². The Bertz CT molecular complexity index is 1210. The highest BCUT2D eigenvalue weighted by molar-refractivity contribution is 5.70. The molecular formula is C43H72O7. The number of aryl methyl sites for hydroxylation is 4. The molecule has 0 fully saturated rings. The van der Waals surface area contributed by atoms with Gasteiger partial charge in [-0.1, -0.05) is 90.9 Å². The number of carbonyl (C=O) groups excluding carboxylic acids is 2. The van der Waals surface area contributed by atoms with Crippen molar-refractivity contribution in [3.8, 4) is 0 Å². The van der Waals surface area contributed by atoms with E-state index in [2.05, 4.69) is 41.5 Å². The largest absolute Gasteiger partial charge is 0.466 e. The van der Waals surface area contributed by atoms with Crippen LogP contribution in [-0.4, -0.2) is 36.4 Å². The minimum atomic E-state index is -0.799. The van der Waals surface area contributed by atoms with E-state index in [1.54, 1.807) is 0 Å². The quantitative estimate of drug-likeness (QED) is 0.0639. The lowest BCUT2D eigenvalue weighted by Crippen LogP contribution is -2.28. The van der Waals surface area contributed by atoms with Crippen LogP contribution in [0.2, 0.25) is 0 Å². The zero-order valence-electron chi connectivity index (χ0n) is 32.9. The van der Waals surface area contributed by atoms with Gasteiger partial charge in [0.1, 0.15) is 29.6 Å². The number of hydrogen-bond acceptors (Lipinski definition) is 7. The number of aliphatic hydroxyl groups is 1. The number of hydrogen-bond donors (Lipinski definition) is 1. The first-order chi connectivity index (χ1) is 24.2. The van der Waals surface area contributed by atoms with E-state index in [0.29, 0.717) is 12.8 Å². The maximum Gasteiger partial charge on any atom is 0.306 e. The molecule has 2 aromatic rings. The Kier molecular flexibility index (Phi) is 22.9. The van der Waals surface area contributed by atoms with Crippen LogP contribution in [0.15, 0.2) is 8.83 Å². The first kappa shape index (κ1) is 43.6. The Hall–Kier alpha value is -2.54. The van der Waals surface area contributed by atoms with Crippen molar-refractivity contribution >= 4 is 11.9 Å². The summed E-state index contributed by atoms with van der Waals surface area (Å²) in [5.41, 5.74) is 5.32. The van der Waals surface area contributed by atoms with E-state index < -0.39 is 6.10 Å². The lowest BCUT2D eigenvalue weighted by Gasteiger charge is -2.15. The molecule has 0 saturated carbocycles. The summed E-state index contributed by atoms with van der Waals surface area (Å²) in [7, 11) is 0. The topological polar surface area (TPSA) is 99.1 Å². The molecule has 0 amide bonds. The van der Waals surface area contributed by atoms with Crippen LogP contribution in [0.4, 0.5) is 0 Å². The molecule has 1 N–H and O–H groups in total. The van der Waals surface area contributed by atoms with Gasteiger partial charge in [0, 0.05) is 38.5 Å². The van der Waals surface area contributed by atoms with Gasteiger partial charge in [-0.2, -0.15) is 0 Å². The van der Waals surface area contributed by atoms with Crippen LogP contribution in [0, 0.1) is 27.7 Å². The van der Waals surface area contributed by atoms with Crippen LogP contribution in [0.1, 0.15) is 188 Å². The predicted octanol–water partition coefficient (Wildman–Crippen LogP) is 11.3. The smallest absolute Gasteiger partial charge is 0.306 e. The fourth-order valence-electron chi connectivity index (χ4n) is 6.66. The lowest BCUT2D eigenvalue weighted by atomic mass is 10.0. The van der Waals surface area contributed by atoms with Crippen LogP contribution in [-0.2, 0) is 44.7 Å². The average Bonchev–Trinajstić information content (AvgIpc) is 3.53. The molecule has 286 valence electrons.